The predicted molar refractivity (Wildman–Crippen MR) is 91.4 cm³/mol. The van der Waals surface area contributed by atoms with Gasteiger partial charge in [0.15, 0.2) is 0 Å². The summed E-state index contributed by atoms with van der Waals surface area (Å²) in [4.78, 5) is 31.0. The fraction of sp³-hybridized carbons (Fsp3) is 0.778. The van der Waals surface area contributed by atoms with Crippen molar-refractivity contribution in [1.82, 2.24) is 25.0 Å². The summed E-state index contributed by atoms with van der Waals surface area (Å²) in [5.74, 6) is 1.12. The van der Waals surface area contributed by atoms with Gasteiger partial charge < -0.3 is 10.2 Å². The van der Waals surface area contributed by atoms with Crippen molar-refractivity contribution >= 4 is 11.8 Å². The third-order valence-electron chi connectivity index (χ3n) is 6.58. The molecule has 7 nitrogen and oxygen atoms in total. The molecule has 2 amide bonds. The molecule has 0 saturated heterocycles. The summed E-state index contributed by atoms with van der Waals surface area (Å²) in [7, 11) is 3.44. The Hall–Kier alpha value is -1.92. The lowest BCUT2D eigenvalue weighted by atomic mass is 9.46. The molecule has 1 N–H and O–H groups in total. The molecular formula is C18H27N5O2. The molecule has 4 saturated carbocycles. The third kappa shape index (κ3) is 2.55. The van der Waals surface area contributed by atoms with Gasteiger partial charge in [0.05, 0.1) is 11.0 Å². The zero-order valence-electron chi connectivity index (χ0n) is 15.2. The average Bonchev–Trinajstić information content (AvgIpc) is 3.08. The lowest BCUT2D eigenvalue weighted by Gasteiger charge is -2.61. The maximum Gasteiger partial charge on any atom is 0.244 e. The van der Waals surface area contributed by atoms with Crippen molar-refractivity contribution in [3.05, 3.63) is 12.7 Å². The maximum absolute atomic E-state index is 13.2. The van der Waals surface area contributed by atoms with E-state index in [9.17, 15) is 9.59 Å². The number of carbonyl (C=O) groups excluding carboxylic acids is 2. The number of hydrogen-bond acceptors (Lipinski definition) is 4. The fourth-order valence-electron chi connectivity index (χ4n) is 6.00. The SMILES string of the molecule is C[C@H](NC(=O)C12C[C@H]3C[C@@H](C1)CC(n1cncn1)(C3)C2)C(=O)N(C)C. The van der Waals surface area contributed by atoms with E-state index in [0.717, 1.165) is 32.1 Å². The van der Waals surface area contributed by atoms with Crippen molar-refractivity contribution in [2.75, 3.05) is 14.1 Å². The summed E-state index contributed by atoms with van der Waals surface area (Å²) in [6.45, 7) is 1.77. The second-order valence-corrected chi connectivity index (χ2v) is 8.73. The normalized spacial score (nSPS) is 36.9. The van der Waals surface area contributed by atoms with Crippen LogP contribution in [0.4, 0.5) is 0 Å². The first-order valence-corrected chi connectivity index (χ1v) is 9.21. The number of aromatic nitrogens is 3. The molecule has 2 unspecified atom stereocenters. The standard InChI is InChI=1S/C18H27N5O2/c1-12(15(24)22(2)3)21-16(25)17-5-13-4-14(6-17)8-18(7-13,9-17)23-11-19-10-20-23/h10-14H,4-9H2,1-3H3,(H,21,25)/t12-,13-,14+,17?,18?/m0/s1. The molecule has 0 spiro atoms. The summed E-state index contributed by atoms with van der Waals surface area (Å²) in [6.07, 6.45) is 9.48. The van der Waals surface area contributed by atoms with Crippen molar-refractivity contribution in [3.8, 4) is 0 Å². The van der Waals surface area contributed by atoms with E-state index >= 15 is 0 Å². The van der Waals surface area contributed by atoms with Gasteiger partial charge >= 0.3 is 0 Å². The van der Waals surface area contributed by atoms with Gasteiger partial charge in [0.25, 0.3) is 0 Å². The van der Waals surface area contributed by atoms with Crippen LogP contribution in [0.15, 0.2) is 12.7 Å². The Morgan fingerprint density at radius 2 is 1.92 bits per heavy atom. The molecule has 4 bridgehead atoms. The lowest BCUT2D eigenvalue weighted by molar-refractivity contribution is -0.158. The minimum absolute atomic E-state index is 0.0498. The summed E-state index contributed by atoms with van der Waals surface area (Å²) >= 11 is 0. The number of carbonyl (C=O) groups is 2. The molecule has 5 atom stereocenters. The van der Waals surface area contributed by atoms with Crippen molar-refractivity contribution in [1.29, 1.82) is 0 Å². The molecule has 5 rings (SSSR count). The Balaban J connectivity index is 1.59. The second-order valence-electron chi connectivity index (χ2n) is 8.73. The minimum atomic E-state index is -0.488. The van der Waals surface area contributed by atoms with E-state index in [0.29, 0.717) is 11.8 Å². The van der Waals surface area contributed by atoms with Gasteiger partial charge in [-0.3, -0.25) is 9.59 Å². The van der Waals surface area contributed by atoms with E-state index in [1.54, 1.807) is 33.7 Å². The molecule has 25 heavy (non-hydrogen) atoms. The first-order chi connectivity index (χ1) is 11.8. The van der Waals surface area contributed by atoms with E-state index in [-0.39, 0.29) is 22.8 Å². The summed E-state index contributed by atoms with van der Waals surface area (Å²) in [6, 6.07) is -0.488. The van der Waals surface area contributed by atoms with Crippen LogP contribution in [0.25, 0.3) is 0 Å². The van der Waals surface area contributed by atoms with Gasteiger partial charge in [-0.1, -0.05) is 0 Å². The highest BCUT2D eigenvalue weighted by atomic mass is 16.2. The second kappa shape index (κ2) is 5.54. The van der Waals surface area contributed by atoms with E-state index in [2.05, 4.69) is 15.4 Å². The number of likely N-dealkylation sites (N-methyl/N-ethyl adjacent to an activating group) is 1. The highest BCUT2D eigenvalue weighted by Crippen LogP contribution is 2.64. The first kappa shape index (κ1) is 16.5. The Labute approximate surface area is 148 Å². The zero-order chi connectivity index (χ0) is 17.8. The number of nitrogens with zero attached hydrogens (tertiary/aromatic N) is 4. The zero-order valence-corrected chi connectivity index (χ0v) is 15.2. The van der Waals surface area contributed by atoms with Crippen LogP contribution in [0.2, 0.25) is 0 Å². The quantitative estimate of drug-likeness (QED) is 0.888. The molecule has 1 aromatic rings. The summed E-state index contributed by atoms with van der Waals surface area (Å²) < 4.78 is 2.00. The van der Waals surface area contributed by atoms with Crippen LogP contribution in [0.1, 0.15) is 45.4 Å². The van der Waals surface area contributed by atoms with Crippen LogP contribution < -0.4 is 5.32 Å². The monoisotopic (exact) mass is 345 g/mol. The molecule has 4 fully saturated rings. The maximum atomic E-state index is 13.2. The van der Waals surface area contributed by atoms with Gasteiger partial charge in [0.2, 0.25) is 11.8 Å². The molecular weight excluding hydrogens is 318 g/mol. The van der Waals surface area contributed by atoms with Crippen LogP contribution in [0, 0.1) is 17.3 Å². The van der Waals surface area contributed by atoms with Crippen molar-refractivity contribution in [3.63, 3.8) is 0 Å². The highest BCUT2D eigenvalue weighted by Gasteiger charge is 2.61. The topological polar surface area (TPSA) is 80.1 Å². The van der Waals surface area contributed by atoms with Crippen molar-refractivity contribution < 1.29 is 9.59 Å². The van der Waals surface area contributed by atoms with Crippen LogP contribution >= 0.6 is 0 Å². The predicted octanol–water partition coefficient (Wildman–Crippen LogP) is 1.17. The number of amides is 2. The molecule has 7 heteroatoms. The van der Waals surface area contributed by atoms with E-state index in [1.807, 2.05) is 4.68 Å². The largest absolute Gasteiger partial charge is 0.347 e. The lowest BCUT2D eigenvalue weighted by Crippen LogP contribution is -2.62. The van der Waals surface area contributed by atoms with Crippen LogP contribution in [0.5, 0.6) is 0 Å². The summed E-state index contributed by atoms with van der Waals surface area (Å²) in [5.41, 5.74) is -0.441. The Morgan fingerprint density at radius 1 is 1.24 bits per heavy atom. The van der Waals surface area contributed by atoms with Crippen molar-refractivity contribution in [2.45, 2.75) is 57.0 Å². The van der Waals surface area contributed by atoms with Gasteiger partial charge in [0.1, 0.15) is 18.7 Å². The molecule has 0 aromatic carbocycles. The molecule has 0 aliphatic heterocycles. The van der Waals surface area contributed by atoms with Gasteiger partial charge in [-0.2, -0.15) is 5.10 Å². The molecule has 4 aliphatic carbocycles. The smallest absolute Gasteiger partial charge is 0.244 e. The highest BCUT2D eigenvalue weighted by molar-refractivity contribution is 5.90. The number of nitrogens with one attached hydrogen (secondary N) is 1. The molecule has 1 aromatic heterocycles. The molecule has 4 aliphatic rings. The molecule has 1 heterocycles. The molecule has 0 radical (unpaired) electrons. The third-order valence-corrected chi connectivity index (χ3v) is 6.58. The fourth-order valence-corrected chi connectivity index (χ4v) is 6.00. The first-order valence-electron chi connectivity index (χ1n) is 9.21. The average molecular weight is 345 g/mol. The number of hydrogen-bond donors (Lipinski definition) is 1. The Kier molecular flexibility index (Phi) is 3.67. The van der Waals surface area contributed by atoms with Crippen LogP contribution in [-0.4, -0.2) is 51.6 Å². The van der Waals surface area contributed by atoms with Crippen LogP contribution in [-0.2, 0) is 15.1 Å². The summed E-state index contributed by atoms with van der Waals surface area (Å²) in [5, 5.41) is 7.43. The van der Waals surface area contributed by atoms with Crippen molar-refractivity contribution in [2.24, 2.45) is 17.3 Å². The number of rotatable bonds is 4. The minimum Gasteiger partial charge on any atom is -0.347 e. The van der Waals surface area contributed by atoms with E-state index in [1.165, 1.54) is 11.3 Å². The van der Waals surface area contributed by atoms with Gasteiger partial charge in [-0.25, -0.2) is 9.67 Å². The molecule has 136 valence electrons. The van der Waals surface area contributed by atoms with E-state index < -0.39 is 6.04 Å². The van der Waals surface area contributed by atoms with Gasteiger partial charge in [0, 0.05) is 14.1 Å². The Morgan fingerprint density at radius 3 is 2.48 bits per heavy atom. The van der Waals surface area contributed by atoms with Gasteiger partial charge in [-0.15, -0.1) is 0 Å². The van der Waals surface area contributed by atoms with Crippen LogP contribution in [0.3, 0.4) is 0 Å². The van der Waals surface area contributed by atoms with Gasteiger partial charge in [-0.05, 0) is 57.3 Å². The van der Waals surface area contributed by atoms with E-state index in [4.69, 9.17) is 0 Å². The Bertz CT molecular complexity index is 670.